The molecule has 0 spiro atoms. The number of nitrogens with two attached hydrogens (primary N) is 1. The van der Waals surface area contributed by atoms with Gasteiger partial charge in [-0.1, -0.05) is 77.2 Å². The lowest BCUT2D eigenvalue weighted by atomic mass is 10.1. The standard InChI is InChI=1S/C28H26N3/c1-21-20-25(31-28(21)26(17-18-29)27-8-5-19-30(27)31)16-15-24-13-11-23(12-14-24)10-9-22-6-3-2-4-7-22/h2-16,19-20H,17-18,29H2,1H3/q+1/b10-9+,16-15+. The van der Waals surface area contributed by atoms with Crippen molar-refractivity contribution in [1.82, 2.24) is 4.52 Å². The van der Waals surface area contributed by atoms with Gasteiger partial charge in [-0.2, -0.15) is 0 Å². The summed E-state index contributed by atoms with van der Waals surface area (Å²) in [6, 6.07) is 21.3. The molecule has 0 saturated heterocycles. The van der Waals surface area contributed by atoms with Crippen LogP contribution in [0.25, 0.3) is 35.9 Å². The first kappa shape index (κ1) is 19.3. The normalized spacial score (nSPS) is 13.0. The van der Waals surface area contributed by atoms with Crippen LogP contribution in [0.2, 0.25) is 0 Å². The quantitative estimate of drug-likeness (QED) is 0.351. The van der Waals surface area contributed by atoms with Gasteiger partial charge in [-0.15, -0.1) is 4.52 Å². The van der Waals surface area contributed by atoms with Gasteiger partial charge in [0.15, 0.2) is 0 Å². The van der Waals surface area contributed by atoms with Gasteiger partial charge in [0.05, 0.1) is 5.56 Å². The molecule has 0 amide bonds. The topological polar surface area (TPSA) is 36.3 Å². The Hall–Kier alpha value is -3.69. The summed E-state index contributed by atoms with van der Waals surface area (Å²) < 4.78 is 4.52. The first-order valence-corrected chi connectivity index (χ1v) is 10.7. The van der Waals surface area contributed by atoms with Crippen LogP contribution in [0.4, 0.5) is 0 Å². The fourth-order valence-corrected chi connectivity index (χ4v) is 4.32. The molecule has 5 rings (SSSR count). The maximum Gasteiger partial charge on any atom is 0.242 e. The Morgan fingerprint density at radius 2 is 1.52 bits per heavy atom. The van der Waals surface area contributed by atoms with Crippen LogP contribution < -0.4 is 10.1 Å². The van der Waals surface area contributed by atoms with E-state index in [0.717, 1.165) is 6.42 Å². The molecule has 152 valence electrons. The van der Waals surface area contributed by atoms with Crippen molar-refractivity contribution in [2.75, 3.05) is 6.54 Å². The minimum Gasteiger partial charge on any atom is -0.330 e. The molecule has 0 unspecified atom stereocenters. The zero-order valence-electron chi connectivity index (χ0n) is 17.7. The number of allylic oxidation sites excluding steroid dienone is 1. The fourth-order valence-electron chi connectivity index (χ4n) is 4.32. The van der Waals surface area contributed by atoms with Crippen molar-refractivity contribution in [2.24, 2.45) is 5.73 Å². The maximum atomic E-state index is 5.89. The first-order valence-electron chi connectivity index (χ1n) is 10.7. The fraction of sp³-hybridized carbons (Fsp3) is 0.107. The second-order valence-electron chi connectivity index (χ2n) is 7.91. The monoisotopic (exact) mass is 404 g/mol. The molecule has 0 radical (unpaired) electrons. The summed E-state index contributed by atoms with van der Waals surface area (Å²) in [6.07, 6.45) is 15.9. The lowest BCUT2D eigenvalue weighted by Gasteiger charge is -1.97. The molecule has 2 aromatic carbocycles. The molecule has 2 aromatic heterocycles. The van der Waals surface area contributed by atoms with E-state index >= 15 is 0 Å². The van der Waals surface area contributed by atoms with Crippen molar-refractivity contribution >= 4 is 35.9 Å². The number of rotatable bonds is 6. The number of benzene rings is 2. The summed E-state index contributed by atoms with van der Waals surface area (Å²) in [5.41, 5.74) is 15.8. The van der Waals surface area contributed by atoms with E-state index in [-0.39, 0.29) is 0 Å². The van der Waals surface area contributed by atoms with Crippen LogP contribution in [0.5, 0.6) is 0 Å². The molecule has 31 heavy (non-hydrogen) atoms. The first-order chi connectivity index (χ1) is 15.2. The molecule has 0 saturated carbocycles. The summed E-state index contributed by atoms with van der Waals surface area (Å²) in [5.74, 6) is 0. The number of hydrogen-bond donors (Lipinski definition) is 1. The van der Waals surface area contributed by atoms with Gasteiger partial charge in [-0.3, -0.25) is 0 Å². The van der Waals surface area contributed by atoms with Gasteiger partial charge in [0.1, 0.15) is 11.2 Å². The van der Waals surface area contributed by atoms with Gasteiger partial charge in [0.2, 0.25) is 11.9 Å². The number of aryl methyl sites for hydroxylation is 1. The number of aromatic nitrogens is 2. The zero-order chi connectivity index (χ0) is 21.2. The van der Waals surface area contributed by atoms with Gasteiger partial charge >= 0.3 is 0 Å². The van der Waals surface area contributed by atoms with Gasteiger partial charge in [0, 0.05) is 12.2 Å². The van der Waals surface area contributed by atoms with Crippen molar-refractivity contribution in [2.45, 2.75) is 13.3 Å². The third-order valence-corrected chi connectivity index (χ3v) is 5.78. The second kappa shape index (κ2) is 8.21. The maximum absolute atomic E-state index is 5.89. The Kier molecular flexibility index (Phi) is 5.11. The van der Waals surface area contributed by atoms with E-state index in [1.54, 1.807) is 0 Å². The van der Waals surface area contributed by atoms with Crippen LogP contribution >= 0.6 is 0 Å². The molecule has 0 fully saturated rings. The van der Waals surface area contributed by atoms with Crippen LogP contribution in [0.15, 0.2) is 66.7 Å². The number of nitrogens with zero attached hydrogens (tertiary/aromatic N) is 2. The van der Waals surface area contributed by atoms with E-state index in [4.69, 9.17) is 5.73 Å². The van der Waals surface area contributed by atoms with Gasteiger partial charge in [0.25, 0.3) is 0 Å². The van der Waals surface area contributed by atoms with E-state index in [1.165, 1.54) is 44.7 Å². The van der Waals surface area contributed by atoms with Crippen molar-refractivity contribution in [3.63, 3.8) is 0 Å². The Bertz CT molecular complexity index is 1370. The van der Waals surface area contributed by atoms with Crippen molar-refractivity contribution in [3.8, 4) is 0 Å². The number of hydrogen-bond acceptors (Lipinski definition) is 1. The smallest absolute Gasteiger partial charge is 0.242 e. The lowest BCUT2D eigenvalue weighted by molar-refractivity contribution is -0.583. The SMILES string of the molecule is Cc1cc(/C=C/c2ccc(/C=C/c3ccccc3)cc2)n2c1c(CCN)c1[n+]2=CC=C1. The van der Waals surface area contributed by atoms with Crippen LogP contribution in [-0.2, 0) is 6.42 Å². The average Bonchev–Trinajstić information content (AvgIpc) is 3.47. The summed E-state index contributed by atoms with van der Waals surface area (Å²) >= 11 is 0. The molecule has 2 N–H and O–H groups in total. The molecule has 1 aliphatic rings. The van der Waals surface area contributed by atoms with Crippen LogP contribution in [0.3, 0.4) is 0 Å². The molecular weight excluding hydrogens is 378 g/mol. The minimum atomic E-state index is 0.654. The Morgan fingerprint density at radius 3 is 2.19 bits per heavy atom. The van der Waals surface area contributed by atoms with E-state index in [0.29, 0.717) is 6.54 Å². The highest BCUT2D eigenvalue weighted by Crippen LogP contribution is 2.25. The largest absolute Gasteiger partial charge is 0.330 e. The molecule has 3 heterocycles. The zero-order valence-corrected chi connectivity index (χ0v) is 17.7. The predicted molar refractivity (Wildman–Crippen MR) is 130 cm³/mol. The Morgan fingerprint density at radius 1 is 0.871 bits per heavy atom. The third-order valence-electron chi connectivity index (χ3n) is 5.78. The molecule has 0 aliphatic carbocycles. The van der Waals surface area contributed by atoms with Gasteiger partial charge in [-0.25, -0.2) is 0 Å². The van der Waals surface area contributed by atoms with Crippen LogP contribution in [-0.4, -0.2) is 11.1 Å². The van der Waals surface area contributed by atoms with E-state index in [9.17, 15) is 0 Å². The highest BCUT2D eigenvalue weighted by Gasteiger charge is 2.26. The Labute approximate surface area is 182 Å². The number of fused-ring (bicyclic) bond motifs is 3. The van der Waals surface area contributed by atoms with Crippen LogP contribution in [0, 0.1) is 13.1 Å². The Balaban J connectivity index is 1.42. The molecular formula is C28H26N3+. The summed E-state index contributed by atoms with van der Waals surface area (Å²) in [5, 5.41) is 0. The summed E-state index contributed by atoms with van der Waals surface area (Å²) in [6.45, 7) is 2.83. The van der Waals surface area contributed by atoms with E-state index in [2.05, 4.69) is 113 Å². The molecule has 0 bridgehead atoms. The summed E-state index contributed by atoms with van der Waals surface area (Å²) in [7, 11) is 0. The van der Waals surface area contributed by atoms with Crippen molar-refractivity contribution in [1.29, 1.82) is 0 Å². The molecule has 1 aliphatic heterocycles. The van der Waals surface area contributed by atoms with E-state index in [1.807, 2.05) is 6.07 Å². The highest BCUT2D eigenvalue weighted by atomic mass is 15.3. The molecule has 4 aromatic rings. The van der Waals surface area contributed by atoms with Gasteiger partial charge < -0.3 is 5.73 Å². The molecule has 0 atom stereocenters. The lowest BCUT2D eigenvalue weighted by Crippen LogP contribution is -2.24. The van der Waals surface area contributed by atoms with Crippen molar-refractivity contribution in [3.05, 3.63) is 112 Å². The van der Waals surface area contributed by atoms with Crippen molar-refractivity contribution < 1.29 is 4.36 Å². The second-order valence-corrected chi connectivity index (χ2v) is 7.91. The minimum absolute atomic E-state index is 0.654. The molecule has 3 nitrogen and oxygen atoms in total. The highest BCUT2D eigenvalue weighted by molar-refractivity contribution is 5.76. The average molecular weight is 405 g/mol. The summed E-state index contributed by atoms with van der Waals surface area (Å²) in [4.78, 5) is 0. The van der Waals surface area contributed by atoms with Gasteiger partial charge in [-0.05, 0) is 54.3 Å². The van der Waals surface area contributed by atoms with E-state index < -0.39 is 0 Å². The predicted octanol–water partition coefficient (Wildman–Crippen LogP) is 5.13. The van der Waals surface area contributed by atoms with Crippen LogP contribution in [0.1, 0.15) is 39.2 Å². The third kappa shape index (κ3) is 3.65. The molecule has 3 heteroatoms.